The quantitative estimate of drug-likeness (QED) is 0.516. The zero-order chi connectivity index (χ0) is 7.78. The highest BCUT2D eigenvalue weighted by Crippen LogP contribution is 2.29. The fourth-order valence-corrected chi connectivity index (χ4v) is 1.80. The molecule has 1 aliphatic heterocycles. The minimum atomic E-state index is -0.157. The van der Waals surface area contributed by atoms with Crippen molar-refractivity contribution in [2.24, 2.45) is 5.41 Å². The predicted molar refractivity (Wildman–Crippen MR) is 45.0 cm³/mol. The van der Waals surface area contributed by atoms with Crippen molar-refractivity contribution < 1.29 is 5.11 Å². The second-order valence-corrected chi connectivity index (χ2v) is 4.25. The van der Waals surface area contributed by atoms with Crippen LogP contribution < -0.4 is 0 Å². The summed E-state index contributed by atoms with van der Waals surface area (Å²) in [4.78, 5) is 0. The standard InChI is InChI=1S/C7H15NOS/c1-7(2)5-8(10)4-3-6(7)9/h6,9-10H,3-5H2,1-2H3. The van der Waals surface area contributed by atoms with Crippen LogP contribution in [-0.2, 0) is 0 Å². The Hall–Kier alpha value is 0.270. The predicted octanol–water partition coefficient (Wildman–Crippen LogP) is 0.924. The van der Waals surface area contributed by atoms with E-state index in [0.717, 1.165) is 19.5 Å². The van der Waals surface area contributed by atoms with Crippen LogP contribution in [-0.4, -0.2) is 28.6 Å². The summed E-state index contributed by atoms with van der Waals surface area (Å²) < 4.78 is 1.96. The van der Waals surface area contributed by atoms with Crippen molar-refractivity contribution in [2.75, 3.05) is 13.1 Å². The van der Waals surface area contributed by atoms with Gasteiger partial charge >= 0.3 is 0 Å². The van der Waals surface area contributed by atoms with E-state index in [1.165, 1.54) is 0 Å². The number of rotatable bonds is 0. The first-order valence-electron chi connectivity index (χ1n) is 3.64. The minimum absolute atomic E-state index is 0.0139. The summed E-state index contributed by atoms with van der Waals surface area (Å²) in [6.45, 7) is 5.91. The molecule has 0 amide bonds. The van der Waals surface area contributed by atoms with E-state index in [1.54, 1.807) is 0 Å². The minimum Gasteiger partial charge on any atom is -0.392 e. The summed E-state index contributed by atoms with van der Waals surface area (Å²) >= 11 is 4.24. The van der Waals surface area contributed by atoms with Crippen LogP contribution in [0, 0.1) is 5.41 Å². The van der Waals surface area contributed by atoms with Crippen molar-refractivity contribution in [2.45, 2.75) is 26.4 Å². The molecule has 0 spiro atoms. The van der Waals surface area contributed by atoms with Gasteiger partial charge in [-0.3, -0.25) is 4.31 Å². The average molecular weight is 161 g/mol. The molecule has 1 aliphatic rings. The van der Waals surface area contributed by atoms with Gasteiger partial charge in [0.2, 0.25) is 0 Å². The Morgan fingerprint density at radius 1 is 1.60 bits per heavy atom. The van der Waals surface area contributed by atoms with Crippen molar-refractivity contribution >= 4 is 12.8 Å². The second-order valence-electron chi connectivity index (χ2n) is 3.68. The molecule has 0 aliphatic carbocycles. The number of piperidine rings is 1. The van der Waals surface area contributed by atoms with Crippen molar-refractivity contribution in [3.8, 4) is 0 Å². The lowest BCUT2D eigenvalue weighted by molar-refractivity contribution is 0.00278. The molecule has 0 bridgehead atoms. The third-order valence-electron chi connectivity index (χ3n) is 2.15. The van der Waals surface area contributed by atoms with Gasteiger partial charge in [-0.05, 0) is 6.42 Å². The third kappa shape index (κ3) is 1.65. The van der Waals surface area contributed by atoms with Gasteiger partial charge in [0.05, 0.1) is 6.10 Å². The fourth-order valence-electron chi connectivity index (χ4n) is 1.32. The molecule has 1 unspecified atom stereocenters. The number of hydrogen-bond acceptors (Lipinski definition) is 3. The van der Waals surface area contributed by atoms with Crippen LogP contribution in [0.4, 0.5) is 0 Å². The molecule has 2 nitrogen and oxygen atoms in total. The van der Waals surface area contributed by atoms with Crippen LogP contribution in [0.5, 0.6) is 0 Å². The summed E-state index contributed by atoms with van der Waals surface area (Å²) in [7, 11) is 0. The molecular formula is C7H15NOS. The Morgan fingerprint density at radius 2 is 2.20 bits per heavy atom. The summed E-state index contributed by atoms with van der Waals surface area (Å²) in [5.74, 6) is 0. The Labute approximate surface area is 67.8 Å². The summed E-state index contributed by atoms with van der Waals surface area (Å²) in [5, 5.41) is 9.49. The molecule has 1 rings (SSSR count). The SMILES string of the molecule is CC1(C)CN(S)CCC1O. The van der Waals surface area contributed by atoms with Crippen LogP contribution in [0.25, 0.3) is 0 Å². The lowest BCUT2D eigenvalue weighted by Gasteiger charge is -2.39. The number of hydrogen-bond donors (Lipinski definition) is 2. The van der Waals surface area contributed by atoms with Crippen molar-refractivity contribution in [3.63, 3.8) is 0 Å². The summed E-state index contributed by atoms with van der Waals surface area (Å²) in [6.07, 6.45) is 0.687. The Bertz CT molecular complexity index is 127. The van der Waals surface area contributed by atoms with E-state index < -0.39 is 0 Å². The molecule has 1 N–H and O–H groups in total. The van der Waals surface area contributed by atoms with Gasteiger partial charge in [-0.15, -0.1) is 0 Å². The van der Waals surface area contributed by atoms with E-state index in [4.69, 9.17) is 0 Å². The molecule has 0 aromatic rings. The fraction of sp³-hybridized carbons (Fsp3) is 1.00. The number of thiol groups is 1. The van der Waals surface area contributed by atoms with Gasteiger partial charge in [-0.25, -0.2) is 0 Å². The maximum atomic E-state index is 9.49. The summed E-state index contributed by atoms with van der Waals surface area (Å²) in [6, 6.07) is 0. The van der Waals surface area contributed by atoms with E-state index in [2.05, 4.69) is 26.7 Å². The highest BCUT2D eigenvalue weighted by molar-refractivity contribution is 7.77. The zero-order valence-electron chi connectivity index (χ0n) is 6.54. The summed E-state index contributed by atoms with van der Waals surface area (Å²) in [5.41, 5.74) is 0.0139. The van der Waals surface area contributed by atoms with Gasteiger partial charge in [0.15, 0.2) is 0 Å². The second kappa shape index (κ2) is 2.72. The largest absolute Gasteiger partial charge is 0.392 e. The smallest absolute Gasteiger partial charge is 0.0616 e. The van der Waals surface area contributed by atoms with Crippen LogP contribution in [0.3, 0.4) is 0 Å². The molecule has 0 radical (unpaired) electrons. The van der Waals surface area contributed by atoms with Crippen LogP contribution >= 0.6 is 12.8 Å². The van der Waals surface area contributed by atoms with Gasteiger partial charge < -0.3 is 5.11 Å². The molecule has 1 saturated heterocycles. The van der Waals surface area contributed by atoms with E-state index in [1.807, 2.05) is 4.31 Å². The number of aliphatic hydroxyl groups excluding tert-OH is 1. The first-order chi connectivity index (χ1) is 4.52. The Kier molecular flexibility index (Phi) is 2.28. The molecule has 10 heavy (non-hydrogen) atoms. The first kappa shape index (κ1) is 8.37. The normalized spacial score (nSPS) is 34.2. The molecule has 0 saturated carbocycles. The molecule has 0 aromatic heterocycles. The monoisotopic (exact) mass is 161 g/mol. The van der Waals surface area contributed by atoms with Gasteiger partial charge in [-0.2, -0.15) is 0 Å². The maximum Gasteiger partial charge on any atom is 0.0616 e. The number of aliphatic hydroxyl groups is 1. The molecule has 1 heterocycles. The molecule has 3 heteroatoms. The average Bonchev–Trinajstić information content (AvgIpc) is 1.78. The van der Waals surface area contributed by atoms with E-state index in [-0.39, 0.29) is 11.5 Å². The topological polar surface area (TPSA) is 23.5 Å². The van der Waals surface area contributed by atoms with Gasteiger partial charge in [-0.1, -0.05) is 26.7 Å². The van der Waals surface area contributed by atoms with Crippen LogP contribution in [0.1, 0.15) is 20.3 Å². The Morgan fingerprint density at radius 3 is 2.60 bits per heavy atom. The molecule has 0 aromatic carbocycles. The Balaban J connectivity index is 2.55. The third-order valence-corrected chi connectivity index (χ3v) is 2.49. The van der Waals surface area contributed by atoms with E-state index in [9.17, 15) is 5.11 Å². The van der Waals surface area contributed by atoms with Gasteiger partial charge in [0.25, 0.3) is 0 Å². The lowest BCUT2D eigenvalue weighted by atomic mass is 9.82. The number of nitrogens with zero attached hydrogens (tertiary/aromatic N) is 1. The van der Waals surface area contributed by atoms with Crippen LogP contribution in [0.15, 0.2) is 0 Å². The zero-order valence-corrected chi connectivity index (χ0v) is 7.43. The van der Waals surface area contributed by atoms with Gasteiger partial charge in [0, 0.05) is 18.5 Å². The van der Waals surface area contributed by atoms with Gasteiger partial charge in [0.1, 0.15) is 0 Å². The molecule has 1 atom stereocenters. The lowest BCUT2D eigenvalue weighted by Crippen LogP contribution is -2.44. The first-order valence-corrected chi connectivity index (χ1v) is 4.04. The van der Waals surface area contributed by atoms with Crippen LogP contribution in [0.2, 0.25) is 0 Å². The maximum absolute atomic E-state index is 9.49. The molecule has 1 fully saturated rings. The van der Waals surface area contributed by atoms with Crippen molar-refractivity contribution in [3.05, 3.63) is 0 Å². The van der Waals surface area contributed by atoms with E-state index >= 15 is 0 Å². The molecular weight excluding hydrogens is 146 g/mol. The molecule has 60 valence electrons. The highest BCUT2D eigenvalue weighted by atomic mass is 32.1. The van der Waals surface area contributed by atoms with E-state index in [0.29, 0.717) is 0 Å². The van der Waals surface area contributed by atoms with Crippen molar-refractivity contribution in [1.82, 2.24) is 4.31 Å². The van der Waals surface area contributed by atoms with Crippen molar-refractivity contribution in [1.29, 1.82) is 0 Å². The highest BCUT2D eigenvalue weighted by Gasteiger charge is 2.33.